The first-order valence-electron chi connectivity index (χ1n) is 6.73. The zero-order chi connectivity index (χ0) is 15.9. The van der Waals surface area contributed by atoms with E-state index in [2.05, 4.69) is 25.5 Å². The van der Waals surface area contributed by atoms with Gasteiger partial charge in [-0.05, 0) is 39.0 Å². The molecular weight excluding hydrogens is 298 g/mol. The molecule has 0 saturated carbocycles. The molecule has 0 aliphatic rings. The molecule has 0 atom stereocenters. The Hall–Kier alpha value is -2.28. The fourth-order valence-electron chi connectivity index (χ4n) is 1.72. The Morgan fingerprint density at radius 3 is 2.50 bits per heavy atom. The molecule has 0 aliphatic heterocycles. The molecule has 0 aromatic carbocycles. The summed E-state index contributed by atoms with van der Waals surface area (Å²) in [6.07, 6.45) is 3.37. The number of nitrogens with one attached hydrogen (secondary N) is 1. The monoisotopic (exact) mass is 315 g/mol. The zero-order valence-electron chi connectivity index (χ0n) is 12.7. The van der Waals surface area contributed by atoms with Gasteiger partial charge < -0.3 is 0 Å². The van der Waals surface area contributed by atoms with Crippen LogP contribution in [0.4, 0.5) is 0 Å². The van der Waals surface area contributed by atoms with E-state index in [9.17, 15) is 4.79 Å². The van der Waals surface area contributed by atoms with Crippen molar-refractivity contribution in [2.24, 2.45) is 5.10 Å². The van der Waals surface area contributed by atoms with Crippen molar-refractivity contribution in [2.45, 2.75) is 25.9 Å². The maximum atomic E-state index is 11.8. The molecule has 2 heterocycles. The van der Waals surface area contributed by atoms with Crippen molar-refractivity contribution in [3.63, 3.8) is 0 Å². The number of hydrogen-bond acceptors (Lipinski definition) is 6. The van der Waals surface area contributed by atoms with Gasteiger partial charge in [0.15, 0.2) is 5.16 Å². The first-order chi connectivity index (χ1) is 10.5. The first kappa shape index (κ1) is 16.1. The van der Waals surface area contributed by atoms with E-state index in [1.165, 1.54) is 11.8 Å². The number of aromatic nitrogens is 3. The van der Waals surface area contributed by atoms with Crippen LogP contribution in [0.15, 0.2) is 40.9 Å². The molecular formula is C15H17N5OS. The van der Waals surface area contributed by atoms with Gasteiger partial charge in [0.05, 0.1) is 11.5 Å². The van der Waals surface area contributed by atoms with Gasteiger partial charge in [-0.15, -0.1) is 0 Å². The summed E-state index contributed by atoms with van der Waals surface area (Å²) in [6, 6.07) is 5.57. The van der Waals surface area contributed by atoms with Gasteiger partial charge in [0, 0.05) is 29.3 Å². The number of pyridine rings is 1. The smallest absolute Gasteiger partial charge is 0.250 e. The Balaban J connectivity index is 1.88. The van der Waals surface area contributed by atoms with E-state index >= 15 is 0 Å². The molecule has 22 heavy (non-hydrogen) atoms. The molecule has 0 saturated heterocycles. The van der Waals surface area contributed by atoms with Crippen molar-refractivity contribution in [3.05, 3.63) is 47.5 Å². The van der Waals surface area contributed by atoms with Gasteiger partial charge >= 0.3 is 0 Å². The molecule has 114 valence electrons. The van der Waals surface area contributed by atoms with Crippen LogP contribution in [0.5, 0.6) is 0 Å². The van der Waals surface area contributed by atoms with Gasteiger partial charge in [-0.25, -0.2) is 15.4 Å². The molecule has 2 rings (SSSR count). The molecule has 7 heteroatoms. The quantitative estimate of drug-likeness (QED) is 0.396. The lowest BCUT2D eigenvalue weighted by Gasteiger charge is -2.03. The van der Waals surface area contributed by atoms with Crippen LogP contribution in [0.2, 0.25) is 0 Å². The van der Waals surface area contributed by atoms with E-state index in [-0.39, 0.29) is 11.7 Å². The van der Waals surface area contributed by atoms with Gasteiger partial charge in [-0.1, -0.05) is 11.8 Å². The molecule has 0 radical (unpaired) electrons. The highest BCUT2D eigenvalue weighted by Crippen LogP contribution is 2.13. The van der Waals surface area contributed by atoms with Crippen molar-refractivity contribution < 1.29 is 4.79 Å². The maximum absolute atomic E-state index is 11.8. The number of hydrogen-bond donors (Lipinski definition) is 1. The summed E-state index contributed by atoms with van der Waals surface area (Å²) in [6.45, 7) is 5.64. The maximum Gasteiger partial charge on any atom is 0.250 e. The molecule has 0 unspecified atom stereocenters. The second kappa shape index (κ2) is 7.65. The minimum absolute atomic E-state index is 0.193. The van der Waals surface area contributed by atoms with Crippen LogP contribution in [0, 0.1) is 13.8 Å². The van der Waals surface area contributed by atoms with Crippen LogP contribution in [0.3, 0.4) is 0 Å². The minimum Gasteiger partial charge on any atom is -0.272 e. The highest BCUT2D eigenvalue weighted by Gasteiger charge is 2.06. The van der Waals surface area contributed by atoms with Crippen molar-refractivity contribution in [1.29, 1.82) is 0 Å². The molecule has 2 aromatic rings. The number of amides is 1. The number of hydrazone groups is 1. The molecule has 0 aliphatic carbocycles. The van der Waals surface area contributed by atoms with Crippen LogP contribution in [-0.2, 0) is 4.79 Å². The van der Waals surface area contributed by atoms with Crippen LogP contribution >= 0.6 is 11.8 Å². The predicted molar refractivity (Wildman–Crippen MR) is 86.8 cm³/mol. The number of thioether (sulfide) groups is 1. The predicted octanol–water partition coefficient (Wildman–Crippen LogP) is 2.12. The number of rotatable bonds is 5. The van der Waals surface area contributed by atoms with Crippen LogP contribution in [0.25, 0.3) is 0 Å². The van der Waals surface area contributed by atoms with E-state index in [0.29, 0.717) is 5.16 Å². The number of carbonyl (C=O) groups is 1. The van der Waals surface area contributed by atoms with Gasteiger partial charge in [0.2, 0.25) is 0 Å². The summed E-state index contributed by atoms with van der Waals surface area (Å²) in [5.41, 5.74) is 5.96. The largest absolute Gasteiger partial charge is 0.272 e. The van der Waals surface area contributed by atoms with Gasteiger partial charge in [0.25, 0.3) is 5.91 Å². The van der Waals surface area contributed by atoms with Crippen molar-refractivity contribution >= 4 is 23.4 Å². The van der Waals surface area contributed by atoms with Crippen molar-refractivity contribution in [3.8, 4) is 0 Å². The number of carbonyl (C=O) groups excluding carboxylic acids is 1. The summed E-state index contributed by atoms with van der Waals surface area (Å²) in [4.78, 5) is 24.3. The normalized spacial score (nSPS) is 11.3. The zero-order valence-corrected chi connectivity index (χ0v) is 13.5. The van der Waals surface area contributed by atoms with E-state index in [1.807, 2.05) is 39.0 Å². The van der Waals surface area contributed by atoms with Crippen LogP contribution in [-0.4, -0.2) is 32.3 Å². The molecule has 6 nitrogen and oxygen atoms in total. The standard InChI is InChI=1S/C15H17N5OS/c1-10-8-11(2)18-15(17-10)22-9-14(21)20-19-12(3)13-4-6-16-7-5-13/h4-8H,9H2,1-3H3,(H,20,21)/b19-12+. The van der Waals surface area contributed by atoms with Crippen molar-refractivity contribution in [2.75, 3.05) is 5.75 Å². The summed E-state index contributed by atoms with van der Waals surface area (Å²) >= 11 is 1.29. The highest BCUT2D eigenvalue weighted by molar-refractivity contribution is 7.99. The first-order valence-corrected chi connectivity index (χ1v) is 7.72. The lowest BCUT2D eigenvalue weighted by atomic mass is 10.2. The summed E-state index contributed by atoms with van der Waals surface area (Å²) in [5, 5.41) is 4.68. The number of aryl methyl sites for hydroxylation is 2. The summed E-state index contributed by atoms with van der Waals surface area (Å²) < 4.78 is 0. The Morgan fingerprint density at radius 2 is 1.86 bits per heavy atom. The second-order valence-corrected chi connectivity index (χ2v) is 5.63. The fraction of sp³-hybridized carbons (Fsp3) is 0.267. The van der Waals surface area contributed by atoms with Crippen LogP contribution in [0.1, 0.15) is 23.9 Å². The summed E-state index contributed by atoms with van der Waals surface area (Å²) in [5.74, 6) is 0.0249. The third kappa shape index (κ3) is 4.92. The van der Waals surface area contributed by atoms with E-state index in [1.54, 1.807) is 12.4 Å². The van der Waals surface area contributed by atoms with E-state index in [4.69, 9.17) is 0 Å². The topological polar surface area (TPSA) is 80.1 Å². The summed E-state index contributed by atoms with van der Waals surface area (Å²) in [7, 11) is 0. The van der Waals surface area contributed by atoms with Crippen molar-refractivity contribution in [1.82, 2.24) is 20.4 Å². The Labute approximate surface area is 133 Å². The average molecular weight is 315 g/mol. The molecule has 0 fully saturated rings. The second-order valence-electron chi connectivity index (χ2n) is 4.69. The Kier molecular flexibility index (Phi) is 5.60. The van der Waals surface area contributed by atoms with Gasteiger partial charge in [-0.3, -0.25) is 9.78 Å². The molecule has 0 bridgehead atoms. The SMILES string of the molecule is C/C(=N\NC(=O)CSc1nc(C)cc(C)n1)c1ccncc1. The third-order valence-corrected chi connectivity index (χ3v) is 3.59. The molecule has 0 spiro atoms. The fourth-order valence-corrected chi connectivity index (χ4v) is 2.47. The van der Waals surface area contributed by atoms with E-state index < -0.39 is 0 Å². The van der Waals surface area contributed by atoms with Gasteiger partial charge in [0.1, 0.15) is 0 Å². The lowest BCUT2D eigenvalue weighted by Crippen LogP contribution is -2.21. The highest BCUT2D eigenvalue weighted by atomic mass is 32.2. The Bertz CT molecular complexity index is 667. The third-order valence-electron chi connectivity index (χ3n) is 2.74. The average Bonchev–Trinajstić information content (AvgIpc) is 2.50. The minimum atomic E-state index is -0.193. The Morgan fingerprint density at radius 1 is 1.23 bits per heavy atom. The van der Waals surface area contributed by atoms with Crippen LogP contribution < -0.4 is 5.43 Å². The molecule has 1 amide bonds. The lowest BCUT2D eigenvalue weighted by molar-refractivity contribution is -0.118. The van der Waals surface area contributed by atoms with Gasteiger partial charge in [-0.2, -0.15) is 5.10 Å². The molecule has 2 aromatic heterocycles. The van der Waals surface area contributed by atoms with E-state index in [0.717, 1.165) is 22.7 Å². The molecule has 1 N–H and O–H groups in total. The number of nitrogens with zero attached hydrogens (tertiary/aromatic N) is 4.